The fourth-order valence-electron chi connectivity index (χ4n) is 1.22. The van der Waals surface area contributed by atoms with Crippen LogP contribution in [0.3, 0.4) is 0 Å². The monoisotopic (exact) mass is 218 g/mol. The van der Waals surface area contributed by atoms with Crippen LogP contribution in [0.5, 0.6) is 0 Å². The highest BCUT2D eigenvalue weighted by atomic mass is 16.5. The van der Waals surface area contributed by atoms with Gasteiger partial charge in [-0.2, -0.15) is 5.10 Å². The van der Waals surface area contributed by atoms with Gasteiger partial charge in [0.15, 0.2) is 5.82 Å². The summed E-state index contributed by atoms with van der Waals surface area (Å²) in [6.07, 6.45) is 3.01. The van der Waals surface area contributed by atoms with Crippen molar-refractivity contribution in [3.63, 3.8) is 0 Å². The number of methoxy groups -OCH3 is 1. The molecule has 0 amide bonds. The van der Waals surface area contributed by atoms with Crippen LogP contribution < -0.4 is 0 Å². The molecule has 0 fully saturated rings. The fraction of sp³-hybridized carbons (Fsp3) is 0.200. The number of aromatic nitrogens is 4. The van der Waals surface area contributed by atoms with E-state index in [9.17, 15) is 4.79 Å². The normalized spacial score (nSPS) is 10.1. The molecule has 0 saturated carbocycles. The van der Waals surface area contributed by atoms with E-state index in [0.29, 0.717) is 17.2 Å². The van der Waals surface area contributed by atoms with Crippen LogP contribution in [0.15, 0.2) is 24.7 Å². The maximum absolute atomic E-state index is 11.2. The van der Waals surface area contributed by atoms with Gasteiger partial charge in [-0.3, -0.25) is 0 Å². The summed E-state index contributed by atoms with van der Waals surface area (Å²) in [4.78, 5) is 19.2. The van der Waals surface area contributed by atoms with E-state index in [4.69, 9.17) is 0 Å². The lowest BCUT2D eigenvalue weighted by molar-refractivity contribution is 0.0600. The minimum atomic E-state index is -0.408. The molecule has 2 rings (SSSR count). The molecule has 2 aromatic heterocycles. The maximum atomic E-state index is 11.2. The minimum Gasteiger partial charge on any atom is -0.465 e. The molecular formula is C10H10N4O2. The van der Waals surface area contributed by atoms with Gasteiger partial charge in [0, 0.05) is 6.20 Å². The van der Waals surface area contributed by atoms with Gasteiger partial charge < -0.3 is 4.74 Å². The minimum absolute atomic E-state index is 0.406. The Balaban J connectivity index is 2.29. The third-order valence-electron chi connectivity index (χ3n) is 2.01. The van der Waals surface area contributed by atoms with Crippen molar-refractivity contribution in [2.45, 2.75) is 6.92 Å². The molecule has 0 aromatic carbocycles. The lowest BCUT2D eigenvalue weighted by Gasteiger charge is -2.01. The van der Waals surface area contributed by atoms with Gasteiger partial charge in [-0.1, -0.05) is 0 Å². The van der Waals surface area contributed by atoms with Gasteiger partial charge >= 0.3 is 5.97 Å². The van der Waals surface area contributed by atoms with Crippen LogP contribution in [-0.2, 0) is 4.74 Å². The quantitative estimate of drug-likeness (QED) is 0.696. The number of esters is 1. The summed E-state index contributed by atoms with van der Waals surface area (Å²) >= 11 is 0. The first-order chi connectivity index (χ1) is 7.70. The molecule has 6 nitrogen and oxygen atoms in total. The number of nitrogens with zero attached hydrogens (tertiary/aromatic N) is 4. The van der Waals surface area contributed by atoms with Crippen molar-refractivity contribution in [2.75, 3.05) is 7.11 Å². The average Bonchev–Trinajstić information content (AvgIpc) is 2.75. The Morgan fingerprint density at radius 3 is 2.69 bits per heavy atom. The van der Waals surface area contributed by atoms with Crippen molar-refractivity contribution in [1.82, 2.24) is 19.7 Å². The summed E-state index contributed by atoms with van der Waals surface area (Å²) in [5.41, 5.74) is 0.406. The Bertz CT molecular complexity index is 504. The van der Waals surface area contributed by atoms with Gasteiger partial charge in [0.25, 0.3) is 0 Å². The third kappa shape index (κ3) is 1.90. The second kappa shape index (κ2) is 4.09. The van der Waals surface area contributed by atoms with Gasteiger partial charge in [-0.05, 0) is 19.1 Å². The molecule has 82 valence electrons. The van der Waals surface area contributed by atoms with E-state index >= 15 is 0 Å². The number of carbonyl (C=O) groups is 1. The van der Waals surface area contributed by atoms with Crippen LogP contribution in [0.25, 0.3) is 5.82 Å². The van der Waals surface area contributed by atoms with E-state index in [1.54, 1.807) is 25.4 Å². The molecule has 0 atom stereocenters. The Morgan fingerprint density at radius 1 is 1.38 bits per heavy atom. The zero-order valence-corrected chi connectivity index (χ0v) is 8.91. The van der Waals surface area contributed by atoms with E-state index < -0.39 is 5.97 Å². The smallest absolute Gasteiger partial charge is 0.339 e. The molecule has 0 N–H and O–H groups in total. The highest BCUT2D eigenvalue weighted by Gasteiger charge is 2.06. The van der Waals surface area contributed by atoms with Crippen molar-refractivity contribution in [2.24, 2.45) is 0 Å². The summed E-state index contributed by atoms with van der Waals surface area (Å²) in [5, 5.41) is 4.10. The largest absolute Gasteiger partial charge is 0.465 e. The highest BCUT2D eigenvalue weighted by molar-refractivity contribution is 5.88. The molecule has 0 aliphatic carbocycles. The Hall–Kier alpha value is -2.24. The Morgan fingerprint density at radius 2 is 2.19 bits per heavy atom. The molecule has 0 saturated heterocycles. The number of carbonyl (C=O) groups excluding carboxylic acids is 1. The number of ether oxygens (including phenoxy) is 1. The number of aryl methyl sites for hydroxylation is 1. The Labute approximate surface area is 91.9 Å². The molecular weight excluding hydrogens is 208 g/mol. The fourth-order valence-corrected chi connectivity index (χ4v) is 1.22. The van der Waals surface area contributed by atoms with Crippen LogP contribution in [0.4, 0.5) is 0 Å². The van der Waals surface area contributed by atoms with Crippen LogP contribution in [0.2, 0.25) is 0 Å². The second-order valence-electron chi connectivity index (χ2n) is 3.13. The van der Waals surface area contributed by atoms with E-state index in [2.05, 4.69) is 19.8 Å². The zero-order chi connectivity index (χ0) is 11.5. The average molecular weight is 218 g/mol. The van der Waals surface area contributed by atoms with Gasteiger partial charge in [-0.15, -0.1) is 0 Å². The molecule has 0 aliphatic heterocycles. The molecule has 2 aromatic rings. The standard InChI is InChI=1S/C10H10N4O2/c1-7-12-6-14(13-7)9-4-3-8(5-11-9)10(15)16-2/h3-6H,1-2H3. The van der Waals surface area contributed by atoms with Gasteiger partial charge in [0.1, 0.15) is 12.2 Å². The lowest BCUT2D eigenvalue weighted by Crippen LogP contribution is -2.04. The number of hydrogen-bond acceptors (Lipinski definition) is 5. The SMILES string of the molecule is COC(=O)c1ccc(-n2cnc(C)n2)nc1. The third-order valence-corrected chi connectivity index (χ3v) is 2.01. The van der Waals surface area contributed by atoms with Gasteiger partial charge in [-0.25, -0.2) is 19.4 Å². The first-order valence-electron chi connectivity index (χ1n) is 4.63. The van der Waals surface area contributed by atoms with E-state index in [-0.39, 0.29) is 0 Å². The predicted molar refractivity (Wildman–Crippen MR) is 55.2 cm³/mol. The molecule has 2 heterocycles. The van der Waals surface area contributed by atoms with Crippen molar-refractivity contribution in [3.8, 4) is 5.82 Å². The van der Waals surface area contributed by atoms with Crippen LogP contribution >= 0.6 is 0 Å². The van der Waals surface area contributed by atoms with Crippen molar-refractivity contribution < 1.29 is 9.53 Å². The molecule has 0 radical (unpaired) electrons. The first-order valence-corrected chi connectivity index (χ1v) is 4.63. The van der Waals surface area contributed by atoms with Crippen LogP contribution in [-0.4, -0.2) is 32.8 Å². The Kier molecular flexibility index (Phi) is 2.63. The summed E-state index contributed by atoms with van der Waals surface area (Å²) in [7, 11) is 1.33. The van der Waals surface area contributed by atoms with Crippen molar-refractivity contribution in [1.29, 1.82) is 0 Å². The molecule has 16 heavy (non-hydrogen) atoms. The molecule has 0 unspecified atom stereocenters. The summed E-state index contributed by atoms with van der Waals surface area (Å²) in [6, 6.07) is 3.31. The van der Waals surface area contributed by atoms with Crippen LogP contribution in [0, 0.1) is 6.92 Å². The topological polar surface area (TPSA) is 69.9 Å². The first kappa shape index (κ1) is 10.3. The number of hydrogen-bond donors (Lipinski definition) is 0. The molecule has 0 aliphatic rings. The van der Waals surface area contributed by atoms with Gasteiger partial charge in [0.05, 0.1) is 12.7 Å². The molecule has 0 bridgehead atoms. The predicted octanol–water partition coefficient (Wildman–Crippen LogP) is 0.757. The summed E-state index contributed by atoms with van der Waals surface area (Å²) < 4.78 is 6.11. The van der Waals surface area contributed by atoms with Crippen molar-refractivity contribution >= 4 is 5.97 Å². The number of pyridine rings is 1. The van der Waals surface area contributed by atoms with E-state index in [1.807, 2.05) is 0 Å². The van der Waals surface area contributed by atoms with Crippen molar-refractivity contribution in [3.05, 3.63) is 36.0 Å². The zero-order valence-electron chi connectivity index (χ0n) is 8.91. The molecule has 6 heteroatoms. The number of rotatable bonds is 2. The summed E-state index contributed by atoms with van der Waals surface area (Å²) in [5.74, 6) is 0.862. The van der Waals surface area contributed by atoms with E-state index in [1.165, 1.54) is 18.0 Å². The lowest BCUT2D eigenvalue weighted by atomic mass is 10.3. The maximum Gasteiger partial charge on any atom is 0.339 e. The van der Waals surface area contributed by atoms with E-state index in [0.717, 1.165) is 0 Å². The highest BCUT2D eigenvalue weighted by Crippen LogP contribution is 2.05. The summed E-state index contributed by atoms with van der Waals surface area (Å²) in [6.45, 7) is 1.79. The van der Waals surface area contributed by atoms with Crippen LogP contribution in [0.1, 0.15) is 16.2 Å². The molecule has 0 spiro atoms. The second-order valence-corrected chi connectivity index (χ2v) is 3.13. The van der Waals surface area contributed by atoms with Gasteiger partial charge in [0.2, 0.25) is 0 Å².